The fourth-order valence-electron chi connectivity index (χ4n) is 1.43. The summed E-state index contributed by atoms with van der Waals surface area (Å²) in [6.45, 7) is 0. The third-order valence-corrected chi connectivity index (χ3v) is 2.32. The van der Waals surface area contributed by atoms with Gasteiger partial charge in [0.25, 0.3) is 0 Å². The fourth-order valence-corrected chi connectivity index (χ4v) is 1.43. The van der Waals surface area contributed by atoms with Crippen LogP contribution in [0.15, 0.2) is 52.7 Å². The van der Waals surface area contributed by atoms with Crippen LogP contribution >= 0.6 is 0 Å². The van der Waals surface area contributed by atoms with E-state index < -0.39 is 22.1 Å². The third kappa shape index (κ3) is 2.65. The highest BCUT2D eigenvalue weighted by Crippen LogP contribution is 2.42. The van der Waals surface area contributed by atoms with E-state index in [-0.39, 0.29) is 5.69 Å². The largest absolute Gasteiger partial charge is 0.504 e. The van der Waals surface area contributed by atoms with Gasteiger partial charge < -0.3 is 10.2 Å². The Balaban J connectivity index is 2.44. The molecule has 0 aliphatic heterocycles. The first-order valence-corrected chi connectivity index (χ1v) is 5.25. The van der Waals surface area contributed by atoms with Crippen molar-refractivity contribution in [3.8, 4) is 11.5 Å². The number of azo groups is 1. The van der Waals surface area contributed by atoms with Crippen LogP contribution in [0.5, 0.6) is 11.5 Å². The second kappa shape index (κ2) is 5.13. The smallest absolute Gasteiger partial charge is 0.341 e. The topological polar surface area (TPSA) is 108 Å². The number of hydrogen-bond donors (Lipinski definition) is 2. The molecule has 0 aromatic heterocycles. The molecule has 2 aromatic rings. The van der Waals surface area contributed by atoms with Crippen molar-refractivity contribution in [1.29, 1.82) is 0 Å². The molecule has 0 fully saturated rings. The number of phenols is 2. The third-order valence-electron chi connectivity index (χ3n) is 2.32. The molecule has 0 radical (unpaired) electrons. The molecule has 0 heterocycles. The predicted molar refractivity (Wildman–Crippen MR) is 67.0 cm³/mol. The van der Waals surface area contributed by atoms with Gasteiger partial charge in [-0.1, -0.05) is 18.2 Å². The summed E-state index contributed by atoms with van der Waals surface area (Å²) in [4.78, 5) is 10.0. The zero-order valence-corrected chi connectivity index (χ0v) is 9.59. The molecule has 7 heteroatoms. The number of nitro groups is 1. The van der Waals surface area contributed by atoms with Crippen LogP contribution in [0.25, 0.3) is 0 Å². The minimum absolute atomic E-state index is 0.135. The Kier molecular flexibility index (Phi) is 3.37. The first-order valence-electron chi connectivity index (χ1n) is 5.25. The summed E-state index contributed by atoms with van der Waals surface area (Å²) < 4.78 is 0. The predicted octanol–water partition coefficient (Wildman–Crippen LogP) is 3.42. The van der Waals surface area contributed by atoms with Crippen molar-refractivity contribution >= 4 is 17.1 Å². The molecule has 0 spiro atoms. The highest BCUT2D eigenvalue weighted by molar-refractivity contribution is 5.69. The van der Waals surface area contributed by atoms with E-state index in [1.807, 2.05) is 0 Å². The van der Waals surface area contributed by atoms with E-state index in [1.54, 1.807) is 30.3 Å². The summed E-state index contributed by atoms with van der Waals surface area (Å²) in [6.07, 6.45) is 0. The second-order valence-electron chi connectivity index (χ2n) is 3.59. The molecule has 0 unspecified atom stereocenters. The van der Waals surface area contributed by atoms with Crippen molar-refractivity contribution in [1.82, 2.24) is 0 Å². The highest BCUT2D eigenvalue weighted by Gasteiger charge is 2.23. The number of nitrogens with zero attached hydrogens (tertiary/aromatic N) is 3. The highest BCUT2D eigenvalue weighted by atomic mass is 16.6. The van der Waals surface area contributed by atoms with Gasteiger partial charge in [0.05, 0.1) is 10.6 Å². The van der Waals surface area contributed by atoms with Gasteiger partial charge in [-0.2, -0.15) is 5.11 Å². The van der Waals surface area contributed by atoms with Crippen molar-refractivity contribution < 1.29 is 15.1 Å². The first kappa shape index (κ1) is 12.5. The molecular weight excluding hydrogens is 250 g/mol. The fraction of sp³-hybridized carbons (Fsp3) is 0. The summed E-state index contributed by atoms with van der Waals surface area (Å²) in [7, 11) is 0. The normalized spacial score (nSPS) is 10.7. The van der Waals surface area contributed by atoms with Crippen LogP contribution in [-0.4, -0.2) is 15.1 Å². The molecule has 7 nitrogen and oxygen atoms in total. The lowest BCUT2D eigenvalue weighted by Gasteiger charge is -2.01. The van der Waals surface area contributed by atoms with E-state index in [1.165, 1.54) is 6.07 Å². The lowest BCUT2D eigenvalue weighted by Crippen LogP contribution is -1.89. The van der Waals surface area contributed by atoms with Gasteiger partial charge in [0, 0.05) is 0 Å². The van der Waals surface area contributed by atoms with Crippen molar-refractivity contribution in [3.63, 3.8) is 0 Å². The van der Waals surface area contributed by atoms with Gasteiger partial charge in [-0.25, -0.2) is 0 Å². The van der Waals surface area contributed by atoms with Gasteiger partial charge in [0.2, 0.25) is 5.75 Å². The van der Waals surface area contributed by atoms with E-state index in [2.05, 4.69) is 10.2 Å². The van der Waals surface area contributed by atoms with Gasteiger partial charge in [-0.05, 0) is 24.3 Å². The van der Waals surface area contributed by atoms with E-state index in [4.69, 9.17) is 0 Å². The number of nitro benzene ring substituents is 1. The molecule has 0 bridgehead atoms. The molecule has 0 aliphatic rings. The maximum absolute atomic E-state index is 10.8. The summed E-state index contributed by atoms with van der Waals surface area (Å²) in [6, 6.07) is 11.0. The molecule has 2 N–H and O–H groups in total. The van der Waals surface area contributed by atoms with Gasteiger partial charge in [-0.3, -0.25) is 10.1 Å². The second-order valence-corrected chi connectivity index (χ2v) is 3.59. The van der Waals surface area contributed by atoms with Gasteiger partial charge in [-0.15, -0.1) is 5.11 Å². The summed E-state index contributed by atoms with van der Waals surface area (Å²) in [5.74, 6) is -1.40. The molecule has 0 atom stereocenters. The van der Waals surface area contributed by atoms with Crippen LogP contribution in [0, 0.1) is 10.1 Å². The molecule has 96 valence electrons. The SMILES string of the molecule is O=[N+]([O-])c1c(N=Nc2ccccc2)ccc(O)c1O. The summed E-state index contributed by atoms with van der Waals surface area (Å²) in [5, 5.41) is 37.1. The van der Waals surface area contributed by atoms with Crippen LogP contribution in [0.1, 0.15) is 0 Å². The van der Waals surface area contributed by atoms with Crippen LogP contribution in [0.4, 0.5) is 17.1 Å². The minimum atomic E-state index is -0.825. The van der Waals surface area contributed by atoms with Crippen molar-refractivity contribution in [2.45, 2.75) is 0 Å². The molecule has 0 saturated carbocycles. The van der Waals surface area contributed by atoms with E-state index in [0.717, 1.165) is 6.07 Å². The molecular formula is C12H9N3O4. The zero-order chi connectivity index (χ0) is 13.8. The van der Waals surface area contributed by atoms with Crippen LogP contribution in [-0.2, 0) is 0 Å². The molecule has 0 amide bonds. The number of rotatable bonds is 3. The van der Waals surface area contributed by atoms with E-state index >= 15 is 0 Å². The standard InChI is InChI=1S/C12H9N3O4/c16-10-7-6-9(11(12(10)17)15(18)19)14-13-8-4-2-1-3-5-8/h1-7,16-17H. The number of hydrogen-bond acceptors (Lipinski definition) is 6. The van der Waals surface area contributed by atoms with Gasteiger partial charge in [0.1, 0.15) is 0 Å². The molecule has 2 aromatic carbocycles. The summed E-state index contributed by atoms with van der Waals surface area (Å²) >= 11 is 0. The van der Waals surface area contributed by atoms with Gasteiger partial charge >= 0.3 is 5.69 Å². The number of aromatic hydroxyl groups is 2. The molecule has 0 saturated heterocycles. The van der Waals surface area contributed by atoms with Crippen LogP contribution in [0.3, 0.4) is 0 Å². The Morgan fingerprint density at radius 2 is 1.68 bits per heavy atom. The Morgan fingerprint density at radius 1 is 1.00 bits per heavy atom. The molecule has 0 aliphatic carbocycles. The van der Waals surface area contributed by atoms with E-state index in [0.29, 0.717) is 5.69 Å². The zero-order valence-electron chi connectivity index (χ0n) is 9.59. The summed E-state index contributed by atoms with van der Waals surface area (Å²) in [5.41, 5.74) is -0.298. The monoisotopic (exact) mass is 259 g/mol. The average Bonchev–Trinajstić information content (AvgIpc) is 2.41. The molecule has 19 heavy (non-hydrogen) atoms. The Bertz CT molecular complexity index is 641. The quantitative estimate of drug-likeness (QED) is 0.381. The van der Waals surface area contributed by atoms with Crippen LogP contribution in [0.2, 0.25) is 0 Å². The number of benzene rings is 2. The minimum Gasteiger partial charge on any atom is -0.504 e. The molecule has 2 rings (SSSR count). The Labute approximate surface area is 107 Å². The van der Waals surface area contributed by atoms with Crippen LogP contribution < -0.4 is 0 Å². The van der Waals surface area contributed by atoms with Crippen molar-refractivity contribution in [3.05, 3.63) is 52.6 Å². The van der Waals surface area contributed by atoms with Gasteiger partial charge in [0.15, 0.2) is 11.4 Å². The first-order chi connectivity index (χ1) is 9.09. The van der Waals surface area contributed by atoms with Crippen molar-refractivity contribution in [2.75, 3.05) is 0 Å². The van der Waals surface area contributed by atoms with E-state index in [9.17, 15) is 20.3 Å². The maximum Gasteiger partial charge on any atom is 0.341 e. The lowest BCUT2D eigenvalue weighted by molar-refractivity contribution is -0.385. The average molecular weight is 259 g/mol. The Hall–Kier alpha value is -2.96. The maximum atomic E-state index is 10.8. The lowest BCUT2D eigenvalue weighted by atomic mass is 10.2. The Morgan fingerprint density at radius 3 is 2.32 bits per heavy atom. The van der Waals surface area contributed by atoms with Crippen molar-refractivity contribution in [2.24, 2.45) is 10.2 Å². The number of phenolic OH excluding ortho intramolecular Hbond substituents is 2.